The van der Waals surface area contributed by atoms with Crippen LogP contribution in [0.5, 0.6) is 0 Å². The number of hydrogen-bond acceptors (Lipinski definition) is 6. The van der Waals surface area contributed by atoms with Gasteiger partial charge in [-0.1, -0.05) is 52.0 Å². The Morgan fingerprint density at radius 1 is 0.720 bits per heavy atom. The van der Waals surface area contributed by atoms with Gasteiger partial charge in [-0.05, 0) is 32.7 Å². The Morgan fingerprint density at radius 3 is 1.36 bits per heavy atom. The first-order valence-electron chi connectivity index (χ1n) is 6.01. The van der Waals surface area contributed by atoms with E-state index in [1.807, 2.05) is 13.1 Å². The second-order valence-corrected chi connectivity index (χ2v) is 16.6. The molecule has 1 unspecified atom stereocenters. The van der Waals surface area contributed by atoms with Crippen molar-refractivity contribution in [2.24, 2.45) is 5.73 Å². The molecule has 3 N–H and O–H groups in total. The van der Waals surface area contributed by atoms with Crippen molar-refractivity contribution in [3.8, 4) is 0 Å². The third-order valence-corrected chi connectivity index (χ3v) is 11.3. The Kier molecular flexibility index (Phi) is 41.4. The van der Waals surface area contributed by atoms with Gasteiger partial charge in [-0.2, -0.15) is 0 Å². The highest BCUT2D eigenvalue weighted by Gasteiger charge is 2.48. The van der Waals surface area contributed by atoms with Crippen molar-refractivity contribution in [1.82, 2.24) is 5.32 Å². The van der Waals surface area contributed by atoms with E-state index in [4.69, 9.17) is 22.8 Å². The van der Waals surface area contributed by atoms with Crippen molar-refractivity contribution in [3.63, 3.8) is 0 Å². The predicted octanol–water partition coefficient (Wildman–Crippen LogP) is 5.29. The second-order valence-electron chi connectivity index (χ2n) is 5.44. The molecule has 0 radical (unpaired) electrons. The third kappa shape index (κ3) is 22.4. The second kappa shape index (κ2) is 20.7. The van der Waals surface area contributed by atoms with Gasteiger partial charge in [0.25, 0.3) is 0 Å². The molecule has 0 aliphatic carbocycles. The maximum absolute atomic E-state index is 6.18. The lowest BCUT2D eigenvalue weighted by atomic mass is 11.1. The third-order valence-electron chi connectivity index (χ3n) is 2.15. The van der Waals surface area contributed by atoms with Gasteiger partial charge in [-0.25, -0.2) is 0 Å². The molecule has 0 spiro atoms. The molecule has 0 aromatic heterocycles. The van der Waals surface area contributed by atoms with E-state index in [2.05, 4.69) is 25.0 Å². The smallest absolute Gasteiger partial charge is 0.416 e. The fourth-order valence-electron chi connectivity index (χ4n) is 1.36. The monoisotopic (exact) mass is 424 g/mol. The summed E-state index contributed by atoms with van der Waals surface area (Å²) in [5, 5.41) is 3.06. The van der Waals surface area contributed by atoms with Crippen LogP contribution in [0, 0.1) is 0 Å². The fraction of sp³-hybridized carbons (Fsp3) is 1.00. The van der Waals surface area contributed by atoms with E-state index >= 15 is 0 Å². The summed E-state index contributed by atoms with van der Waals surface area (Å²) >= 11 is 0. The maximum Gasteiger partial charge on any atom is 0.495 e. The quantitative estimate of drug-likeness (QED) is 0.387. The Morgan fingerprint density at radius 2 is 1.12 bits per heavy atom. The van der Waals surface area contributed by atoms with Crippen LogP contribution in [-0.4, -0.2) is 52.7 Å². The van der Waals surface area contributed by atoms with Crippen molar-refractivity contribution in [1.29, 1.82) is 0 Å². The zero-order valence-corrected chi connectivity index (χ0v) is 15.6. The molecule has 0 aliphatic heterocycles. The molecule has 0 aliphatic rings. The van der Waals surface area contributed by atoms with Crippen molar-refractivity contribution in [2.75, 3.05) is 27.1 Å². The Hall–Kier alpha value is 0.411. The zero-order valence-electron chi connectivity index (χ0n) is 12.6. The molecule has 0 aromatic rings. The van der Waals surface area contributed by atoms with E-state index in [1.165, 1.54) is 0 Å². The summed E-state index contributed by atoms with van der Waals surface area (Å²) in [5.41, 5.74) is 5.49. The lowest BCUT2D eigenvalue weighted by Crippen LogP contribution is -2.63. The summed E-state index contributed by atoms with van der Waals surface area (Å²) in [5.74, 6) is 0. The van der Waals surface area contributed by atoms with Gasteiger partial charge < -0.3 is 28.1 Å². The van der Waals surface area contributed by atoms with Gasteiger partial charge in [0.05, 0.1) is 6.17 Å². The van der Waals surface area contributed by atoms with E-state index < -0.39 is 25.7 Å². The number of rotatable bonds is 9. The molecular weight excluding hydrogens is 368 g/mol. The van der Waals surface area contributed by atoms with Crippen molar-refractivity contribution in [2.45, 2.75) is 84.7 Å². The standard InChI is InChI=1S/C9H28N2O4Si3.7CH4/c1-12-17(6,7)15-18(13-2,9-11-8-10)14-16(3,4)5;;;;;;;/h11H,8-10H2,1-7H3;7*1H4. The highest BCUT2D eigenvalue weighted by Crippen LogP contribution is 2.21. The van der Waals surface area contributed by atoms with Gasteiger partial charge in [0.15, 0.2) is 8.32 Å². The molecule has 1 atom stereocenters. The first kappa shape index (κ1) is 50.0. The highest BCUT2D eigenvalue weighted by molar-refractivity contribution is 6.84. The van der Waals surface area contributed by atoms with Crippen LogP contribution >= 0.6 is 0 Å². The van der Waals surface area contributed by atoms with E-state index in [0.29, 0.717) is 12.8 Å². The van der Waals surface area contributed by atoms with Gasteiger partial charge in [0, 0.05) is 20.9 Å². The SMILES string of the molecule is C.C.C.C.C.C.C.CO[Si](C)(C)O[Si](CNCN)(OC)O[Si](C)(C)C. The van der Waals surface area contributed by atoms with Gasteiger partial charge in [0.1, 0.15) is 0 Å². The molecule has 0 saturated carbocycles. The molecule has 25 heavy (non-hydrogen) atoms. The maximum atomic E-state index is 6.18. The first-order valence-corrected chi connectivity index (χ1v) is 14.2. The molecule has 6 nitrogen and oxygen atoms in total. The summed E-state index contributed by atoms with van der Waals surface area (Å²) < 4.78 is 23.4. The molecular formula is C16H56N2O4Si3. The van der Waals surface area contributed by atoms with Crippen molar-refractivity contribution >= 4 is 25.7 Å². The molecule has 0 aromatic carbocycles. The van der Waals surface area contributed by atoms with Crippen LogP contribution in [0.2, 0.25) is 32.7 Å². The number of hydrogen-bond donors (Lipinski definition) is 2. The summed E-state index contributed by atoms with van der Waals surface area (Å²) in [6.45, 7) is 10.7. The van der Waals surface area contributed by atoms with Gasteiger partial charge >= 0.3 is 17.4 Å². The molecule has 9 heteroatoms. The summed E-state index contributed by atoms with van der Waals surface area (Å²) in [4.78, 5) is 0. The molecule has 0 fully saturated rings. The van der Waals surface area contributed by atoms with Gasteiger partial charge in [0.2, 0.25) is 0 Å². The van der Waals surface area contributed by atoms with E-state index in [1.54, 1.807) is 14.2 Å². The summed E-state index contributed by atoms with van der Waals surface area (Å²) in [7, 11) is -3.50. The highest BCUT2D eigenvalue weighted by atomic mass is 28.5. The van der Waals surface area contributed by atoms with Crippen LogP contribution in [0.4, 0.5) is 0 Å². The summed E-state index contributed by atoms with van der Waals surface area (Å²) in [6, 6.07) is 0. The summed E-state index contributed by atoms with van der Waals surface area (Å²) in [6.07, 6.45) is 0.504. The van der Waals surface area contributed by atoms with Crippen LogP contribution < -0.4 is 11.1 Å². The Balaban J connectivity index is -0.0000000688. The average molecular weight is 425 g/mol. The fourth-order valence-corrected chi connectivity index (χ4v) is 10.8. The van der Waals surface area contributed by atoms with Crippen molar-refractivity contribution in [3.05, 3.63) is 0 Å². The number of nitrogens with two attached hydrogens (primary N) is 1. The van der Waals surface area contributed by atoms with Crippen LogP contribution in [0.3, 0.4) is 0 Å². The minimum absolute atomic E-state index is 0. The lowest BCUT2D eigenvalue weighted by molar-refractivity contribution is 0.169. The topological polar surface area (TPSA) is 75.0 Å². The molecule has 0 rings (SSSR count). The van der Waals surface area contributed by atoms with Crippen LogP contribution in [0.15, 0.2) is 0 Å². The van der Waals surface area contributed by atoms with Crippen LogP contribution in [0.1, 0.15) is 52.0 Å². The first-order chi connectivity index (χ1) is 8.10. The van der Waals surface area contributed by atoms with E-state index in [0.717, 1.165) is 0 Å². The van der Waals surface area contributed by atoms with E-state index in [-0.39, 0.29) is 52.0 Å². The number of nitrogens with one attached hydrogen (secondary N) is 1. The molecule has 0 bridgehead atoms. The minimum Gasteiger partial charge on any atom is -0.416 e. The Labute approximate surface area is 165 Å². The molecule has 0 heterocycles. The lowest BCUT2D eigenvalue weighted by Gasteiger charge is -2.38. The Bertz CT molecular complexity index is 256. The van der Waals surface area contributed by atoms with Gasteiger partial charge in [-0.15, -0.1) is 0 Å². The molecule has 166 valence electrons. The average Bonchev–Trinajstić information content (AvgIpc) is 2.23. The predicted molar refractivity (Wildman–Crippen MR) is 127 cm³/mol. The van der Waals surface area contributed by atoms with Gasteiger partial charge in [-0.3, -0.25) is 0 Å². The van der Waals surface area contributed by atoms with Crippen LogP contribution in [0.25, 0.3) is 0 Å². The zero-order chi connectivity index (χ0) is 14.4. The van der Waals surface area contributed by atoms with Crippen molar-refractivity contribution < 1.29 is 17.1 Å². The van der Waals surface area contributed by atoms with Crippen LogP contribution in [-0.2, 0) is 17.1 Å². The minimum atomic E-state index is -2.77. The normalized spacial score (nSPS) is 12.0. The van der Waals surface area contributed by atoms with E-state index in [9.17, 15) is 0 Å². The largest absolute Gasteiger partial charge is 0.495 e. The molecule has 0 saturated heterocycles. The molecule has 0 amide bonds.